The molecule has 100 valence electrons. The molecule has 0 aromatic carbocycles. The average Bonchev–Trinajstić information content (AvgIpc) is 2.29. The van der Waals surface area contributed by atoms with Gasteiger partial charge in [0.2, 0.25) is 5.91 Å². The second-order valence-electron chi connectivity index (χ2n) is 4.15. The second kappa shape index (κ2) is 5.74. The molecule has 1 rings (SSSR count). The largest absolute Gasteiger partial charge is 0.387 e. The van der Waals surface area contributed by atoms with E-state index >= 15 is 0 Å². The van der Waals surface area contributed by atoms with Gasteiger partial charge >= 0.3 is 0 Å². The first-order chi connectivity index (χ1) is 7.88. The second-order valence-corrected chi connectivity index (χ2v) is 4.15. The van der Waals surface area contributed by atoms with Crippen LogP contribution in [0.5, 0.6) is 0 Å². The summed E-state index contributed by atoms with van der Waals surface area (Å²) in [6, 6.07) is 0. The van der Waals surface area contributed by atoms with E-state index < -0.39 is 36.6 Å². The zero-order chi connectivity index (χ0) is 13.2. The molecule has 1 amide bonds. The predicted molar refractivity (Wildman–Crippen MR) is 56.7 cm³/mol. The molecule has 5 N–H and O–H groups in total. The minimum absolute atomic E-state index is 0.217. The van der Waals surface area contributed by atoms with Crippen LogP contribution < -0.4 is 5.73 Å². The van der Waals surface area contributed by atoms with Crippen LogP contribution in [0.15, 0.2) is 0 Å². The summed E-state index contributed by atoms with van der Waals surface area (Å²) in [4.78, 5) is 11.0. The number of aliphatic hydroxyl groups is 3. The number of nitrogens with two attached hydrogens (primary N) is 1. The van der Waals surface area contributed by atoms with Crippen molar-refractivity contribution in [1.82, 2.24) is 0 Å². The molecule has 0 aromatic heterocycles. The van der Waals surface area contributed by atoms with E-state index in [1.165, 1.54) is 0 Å². The minimum Gasteiger partial charge on any atom is -0.387 e. The fourth-order valence-corrected chi connectivity index (χ4v) is 1.52. The van der Waals surface area contributed by atoms with E-state index in [4.69, 9.17) is 15.2 Å². The van der Waals surface area contributed by atoms with E-state index in [9.17, 15) is 20.1 Å². The van der Waals surface area contributed by atoms with Crippen LogP contribution >= 0.6 is 0 Å². The molecule has 1 fully saturated rings. The fraction of sp³-hybridized carbons (Fsp3) is 0.900. The van der Waals surface area contributed by atoms with Gasteiger partial charge in [0, 0.05) is 0 Å². The van der Waals surface area contributed by atoms with Crippen LogP contribution in [0.2, 0.25) is 0 Å². The minimum atomic E-state index is -1.56. The molecule has 6 atom stereocenters. The summed E-state index contributed by atoms with van der Waals surface area (Å²) in [6.07, 6.45) is -6.62. The normalized spacial score (nSPS) is 39.9. The smallest absolute Gasteiger partial charge is 0.249 e. The average molecular weight is 249 g/mol. The number of hydrogen-bond acceptors (Lipinski definition) is 6. The number of amides is 1. The molecule has 17 heavy (non-hydrogen) atoms. The highest BCUT2D eigenvalue weighted by atomic mass is 16.7. The van der Waals surface area contributed by atoms with Crippen LogP contribution in [0, 0.1) is 0 Å². The lowest BCUT2D eigenvalue weighted by Gasteiger charge is -2.39. The molecule has 0 aromatic rings. The van der Waals surface area contributed by atoms with Gasteiger partial charge in [0.1, 0.15) is 18.3 Å². The van der Waals surface area contributed by atoms with Gasteiger partial charge in [-0.15, -0.1) is 0 Å². The lowest BCUT2D eigenvalue weighted by molar-refractivity contribution is -0.299. The number of primary amides is 1. The number of hydrogen-bond donors (Lipinski definition) is 4. The Bertz CT molecular complexity index is 274. The Hall–Kier alpha value is -0.730. The molecular weight excluding hydrogens is 230 g/mol. The molecule has 7 nitrogen and oxygen atoms in total. The van der Waals surface area contributed by atoms with Crippen molar-refractivity contribution in [1.29, 1.82) is 0 Å². The van der Waals surface area contributed by atoms with Crippen molar-refractivity contribution in [3.63, 3.8) is 0 Å². The molecule has 1 heterocycles. The summed E-state index contributed by atoms with van der Waals surface area (Å²) in [5.41, 5.74) is 5.02. The molecule has 1 aliphatic rings. The van der Waals surface area contributed by atoms with E-state index in [-0.39, 0.29) is 6.10 Å². The molecule has 3 unspecified atom stereocenters. The van der Waals surface area contributed by atoms with Crippen LogP contribution in [0.3, 0.4) is 0 Å². The van der Waals surface area contributed by atoms with Gasteiger partial charge in [-0.25, -0.2) is 0 Å². The van der Waals surface area contributed by atoms with Crippen molar-refractivity contribution >= 4 is 5.91 Å². The quantitative estimate of drug-likeness (QED) is 0.461. The van der Waals surface area contributed by atoms with E-state index in [1.54, 1.807) is 6.92 Å². The zero-order valence-corrected chi connectivity index (χ0v) is 9.81. The van der Waals surface area contributed by atoms with Gasteiger partial charge < -0.3 is 30.5 Å². The van der Waals surface area contributed by atoms with Gasteiger partial charge in [0.25, 0.3) is 0 Å². The van der Waals surface area contributed by atoms with Crippen LogP contribution in [-0.4, -0.2) is 58.0 Å². The summed E-state index contributed by atoms with van der Waals surface area (Å²) in [5.74, 6) is -0.916. The molecular formula is C10H19NO6. The highest BCUT2D eigenvalue weighted by molar-refractivity contribution is 5.79. The Morgan fingerprint density at radius 2 is 1.94 bits per heavy atom. The summed E-state index contributed by atoms with van der Waals surface area (Å²) in [7, 11) is 0. The van der Waals surface area contributed by atoms with Crippen molar-refractivity contribution in [2.45, 2.75) is 57.1 Å². The van der Waals surface area contributed by atoms with Crippen molar-refractivity contribution in [2.75, 3.05) is 0 Å². The molecule has 1 aliphatic heterocycles. The zero-order valence-electron chi connectivity index (χ0n) is 9.81. The lowest BCUT2D eigenvalue weighted by Crippen LogP contribution is -2.61. The first-order valence-electron chi connectivity index (χ1n) is 5.52. The highest BCUT2D eigenvalue weighted by Gasteiger charge is 2.46. The third-order valence-corrected chi connectivity index (χ3v) is 2.79. The Morgan fingerprint density at radius 3 is 2.41 bits per heavy atom. The summed E-state index contributed by atoms with van der Waals surface area (Å²) >= 11 is 0. The van der Waals surface area contributed by atoms with Gasteiger partial charge in [-0.05, 0) is 13.3 Å². The Labute approximate surface area is 99.1 Å². The molecule has 0 radical (unpaired) electrons. The number of carbonyl (C=O) groups is 1. The van der Waals surface area contributed by atoms with Crippen LogP contribution in [0.25, 0.3) is 0 Å². The van der Waals surface area contributed by atoms with Crippen molar-refractivity contribution in [3.8, 4) is 0 Å². The number of aliphatic hydroxyl groups excluding tert-OH is 3. The SMILES string of the molecule is CCC(C)O[C@@H]1OC(C(N)=O)[C@@H](O)C(O)[C@H]1O. The Morgan fingerprint density at radius 1 is 1.35 bits per heavy atom. The topological polar surface area (TPSA) is 122 Å². The predicted octanol–water partition coefficient (Wildman–Crippen LogP) is -1.91. The van der Waals surface area contributed by atoms with Crippen LogP contribution in [-0.2, 0) is 14.3 Å². The standard InChI is InChI=1S/C10H19NO6/c1-3-4(2)16-10-7(14)5(12)6(13)8(17-10)9(11)15/h4-8,10,12-14H,3H2,1-2H3,(H2,11,15)/t4?,5?,6-,7+,8?,10+/m0/s1. The Kier molecular flexibility index (Phi) is 4.84. The first kappa shape index (κ1) is 14.3. The summed E-state index contributed by atoms with van der Waals surface area (Å²) in [5, 5.41) is 28.7. The highest BCUT2D eigenvalue weighted by Crippen LogP contribution is 2.23. The number of ether oxygens (including phenoxy) is 2. The molecule has 7 heteroatoms. The third-order valence-electron chi connectivity index (χ3n) is 2.79. The summed E-state index contributed by atoms with van der Waals surface area (Å²) < 4.78 is 10.4. The van der Waals surface area contributed by atoms with Gasteiger partial charge in [-0.3, -0.25) is 4.79 Å². The maximum absolute atomic E-state index is 11.0. The lowest BCUT2D eigenvalue weighted by atomic mass is 9.98. The van der Waals surface area contributed by atoms with Crippen LogP contribution in [0.1, 0.15) is 20.3 Å². The van der Waals surface area contributed by atoms with Gasteiger partial charge in [-0.1, -0.05) is 6.92 Å². The van der Waals surface area contributed by atoms with Gasteiger partial charge in [0.15, 0.2) is 12.4 Å². The number of rotatable bonds is 4. The molecule has 0 saturated carbocycles. The molecule has 1 saturated heterocycles. The molecule has 0 spiro atoms. The van der Waals surface area contributed by atoms with Gasteiger partial charge in [-0.2, -0.15) is 0 Å². The Balaban J connectivity index is 2.74. The molecule has 0 bridgehead atoms. The van der Waals surface area contributed by atoms with Crippen molar-refractivity contribution < 1.29 is 29.6 Å². The van der Waals surface area contributed by atoms with Crippen molar-refractivity contribution in [2.24, 2.45) is 5.73 Å². The number of carbonyl (C=O) groups excluding carboxylic acids is 1. The summed E-state index contributed by atoms with van der Waals surface area (Å²) in [6.45, 7) is 3.63. The maximum Gasteiger partial charge on any atom is 0.249 e. The first-order valence-corrected chi connectivity index (χ1v) is 5.52. The van der Waals surface area contributed by atoms with E-state index in [0.29, 0.717) is 6.42 Å². The monoisotopic (exact) mass is 249 g/mol. The van der Waals surface area contributed by atoms with Crippen molar-refractivity contribution in [3.05, 3.63) is 0 Å². The van der Waals surface area contributed by atoms with Gasteiger partial charge in [0.05, 0.1) is 6.10 Å². The third kappa shape index (κ3) is 3.14. The van der Waals surface area contributed by atoms with E-state index in [2.05, 4.69) is 0 Å². The fourth-order valence-electron chi connectivity index (χ4n) is 1.52. The van der Waals surface area contributed by atoms with E-state index in [1.807, 2.05) is 6.92 Å². The van der Waals surface area contributed by atoms with E-state index in [0.717, 1.165) is 0 Å². The van der Waals surface area contributed by atoms with Crippen LogP contribution in [0.4, 0.5) is 0 Å². The maximum atomic E-state index is 11.0. The molecule has 0 aliphatic carbocycles.